The van der Waals surface area contributed by atoms with Crippen molar-refractivity contribution < 1.29 is 9.53 Å². The summed E-state index contributed by atoms with van der Waals surface area (Å²) in [7, 11) is 0. The molecule has 0 spiro atoms. The monoisotopic (exact) mass is 380 g/mol. The van der Waals surface area contributed by atoms with Crippen LogP contribution in [0.3, 0.4) is 0 Å². The Bertz CT molecular complexity index is 709. The summed E-state index contributed by atoms with van der Waals surface area (Å²) in [5.74, 6) is 1.14. The molecule has 4 heteroatoms. The van der Waals surface area contributed by atoms with Gasteiger partial charge in [0, 0.05) is 25.6 Å². The molecule has 1 N–H and O–H groups in total. The van der Waals surface area contributed by atoms with Crippen LogP contribution in [-0.2, 0) is 17.8 Å². The van der Waals surface area contributed by atoms with Gasteiger partial charge in [0.05, 0.1) is 0 Å². The van der Waals surface area contributed by atoms with Crippen LogP contribution in [0.25, 0.3) is 0 Å². The molecule has 1 aliphatic heterocycles. The number of aryl methyl sites for hydroxylation is 1. The quantitative estimate of drug-likeness (QED) is 0.709. The molecular weight excluding hydrogens is 348 g/mol. The third kappa shape index (κ3) is 6.10. The second-order valence-electron chi connectivity index (χ2n) is 7.51. The second-order valence-corrected chi connectivity index (χ2v) is 7.51. The van der Waals surface area contributed by atoms with E-state index in [1.165, 1.54) is 5.56 Å². The van der Waals surface area contributed by atoms with Crippen LogP contribution < -0.4 is 10.1 Å². The minimum atomic E-state index is 0.278. The first-order valence-corrected chi connectivity index (χ1v) is 10.5. The van der Waals surface area contributed by atoms with E-state index in [9.17, 15) is 4.79 Å². The fourth-order valence-corrected chi connectivity index (χ4v) is 3.74. The summed E-state index contributed by atoms with van der Waals surface area (Å²) in [6.07, 6.45) is 4.63. The number of piperidine rings is 1. The fourth-order valence-electron chi connectivity index (χ4n) is 3.74. The average molecular weight is 381 g/mol. The van der Waals surface area contributed by atoms with Gasteiger partial charge in [-0.15, -0.1) is 0 Å². The van der Waals surface area contributed by atoms with Crippen LogP contribution in [-0.4, -0.2) is 36.5 Å². The van der Waals surface area contributed by atoms with Gasteiger partial charge >= 0.3 is 0 Å². The molecule has 1 unspecified atom stereocenters. The molecule has 150 valence electrons. The third-order valence-corrected chi connectivity index (χ3v) is 5.30. The lowest BCUT2D eigenvalue weighted by atomic mass is 10.0. The van der Waals surface area contributed by atoms with E-state index in [-0.39, 0.29) is 5.91 Å². The molecule has 1 aliphatic rings. The van der Waals surface area contributed by atoms with Crippen molar-refractivity contribution >= 4 is 5.91 Å². The van der Waals surface area contributed by atoms with E-state index in [1.54, 1.807) is 0 Å². The average Bonchev–Trinajstić information content (AvgIpc) is 2.76. The molecule has 1 fully saturated rings. The highest BCUT2D eigenvalue weighted by Gasteiger charge is 2.24. The Labute approximate surface area is 168 Å². The van der Waals surface area contributed by atoms with E-state index in [2.05, 4.69) is 41.4 Å². The minimum Gasteiger partial charge on any atom is -0.489 e. The number of rotatable bonds is 9. The second kappa shape index (κ2) is 10.9. The van der Waals surface area contributed by atoms with Gasteiger partial charge < -0.3 is 15.0 Å². The van der Waals surface area contributed by atoms with Crippen molar-refractivity contribution in [1.29, 1.82) is 0 Å². The van der Waals surface area contributed by atoms with Crippen LogP contribution in [0.2, 0.25) is 0 Å². The molecule has 28 heavy (non-hydrogen) atoms. The number of carbonyl (C=O) groups excluding carboxylic acids is 1. The van der Waals surface area contributed by atoms with Gasteiger partial charge in [0.2, 0.25) is 5.91 Å². The van der Waals surface area contributed by atoms with Crippen molar-refractivity contribution in [2.45, 2.75) is 51.7 Å². The van der Waals surface area contributed by atoms with Gasteiger partial charge in [-0.2, -0.15) is 0 Å². The van der Waals surface area contributed by atoms with E-state index in [4.69, 9.17) is 4.74 Å². The molecule has 2 aromatic rings. The fraction of sp³-hybridized carbons (Fsp3) is 0.458. The highest BCUT2D eigenvalue weighted by Crippen LogP contribution is 2.17. The van der Waals surface area contributed by atoms with Crippen molar-refractivity contribution in [3.8, 4) is 5.75 Å². The summed E-state index contributed by atoms with van der Waals surface area (Å²) in [6, 6.07) is 18.7. The van der Waals surface area contributed by atoms with Crippen molar-refractivity contribution in [2.75, 3.05) is 19.6 Å². The van der Waals surface area contributed by atoms with Gasteiger partial charge in [-0.25, -0.2) is 0 Å². The van der Waals surface area contributed by atoms with Gasteiger partial charge in [0.1, 0.15) is 12.4 Å². The Morgan fingerprint density at radius 1 is 1.11 bits per heavy atom. The molecule has 0 saturated carbocycles. The smallest absolute Gasteiger partial charge is 0.223 e. The molecule has 4 nitrogen and oxygen atoms in total. The Hall–Kier alpha value is -2.33. The molecule has 2 aromatic carbocycles. The predicted molar refractivity (Wildman–Crippen MR) is 113 cm³/mol. The molecular formula is C24H32N2O2. The third-order valence-electron chi connectivity index (χ3n) is 5.30. The molecule has 0 aliphatic carbocycles. The topological polar surface area (TPSA) is 41.6 Å². The highest BCUT2D eigenvalue weighted by molar-refractivity contribution is 5.76. The van der Waals surface area contributed by atoms with Gasteiger partial charge in [-0.05, 0) is 55.5 Å². The molecule has 0 aromatic heterocycles. The Balaban J connectivity index is 1.48. The van der Waals surface area contributed by atoms with Crippen LogP contribution in [0.5, 0.6) is 5.75 Å². The summed E-state index contributed by atoms with van der Waals surface area (Å²) in [4.78, 5) is 14.9. The molecule has 1 atom stereocenters. The van der Waals surface area contributed by atoms with Gasteiger partial charge in [0.25, 0.3) is 0 Å². The standard InChI is InChI=1S/C24H32N2O2/c1-2-17-26(22-9-6-16-25-18-22)24(27)15-12-20-10-13-23(14-11-20)28-19-21-7-4-3-5-8-21/h3-5,7-8,10-11,13-14,22,25H,2,6,9,12,15-19H2,1H3. The first kappa shape index (κ1) is 20.4. The number of nitrogens with one attached hydrogen (secondary N) is 1. The maximum absolute atomic E-state index is 12.8. The van der Waals surface area contributed by atoms with Crippen LogP contribution in [0.15, 0.2) is 54.6 Å². The summed E-state index contributed by atoms with van der Waals surface area (Å²) < 4.78 is 5.84. The summed E-state index contributed by atoms with van der Waals surface area (Å²) >= 11 is 0. The molecule has 0 radical (unpaired) electrons. The Kier molecular flexibility index (Phi) is 7.92. The lowest BCUT2D eigenvalue weighted by molar-refractivity contribution is -0.133. The maximum Gasteiger partial charge on any atom is 0.223 e. The van der Waals surface area contributed by atoms with Crippen LogP contribution in [0.1, 0.15) is 43.7 Å². The van der Waals surface area contributed by atoms with Crippen LogP contribution in [0.4, 0.5) is 0 Å². The number of ether oxygens (including phenoxy) is 1. The van der Waals surface area contributed by atoms with Crippen molar-refractivity contribution in [1.82, 2.24) is 10.2 Å². The number of nitrogens with zero attached hydrogens (tertiary/aromatic N) is 1. The Morgan fingerprint density at radius 2 is 1.89 bits per heavy atom. The van der Waals surface area contributed by atoms with Gasteiger partial charge in [-0.3, -0.25) is 4.79 Å². The van der Waals surface area contributed by atoms with Crippen molar-refractivity contribution in [2.24, 2.45) is 0 Å². The largest absolute Gasteiger partial charge is 0.489 e. The van der Waals surface area contributed by atoms with Crippen molar-refractivity contribution in [3.63, 3.8) is 0 Å². The van der Waals surface area contributed by atoms with E-state index in [0.29, 0.717) is 19.1 Å². The first-order chi connectivity index (χ1) is 13.8. The predicted octanol–water partition coefficient (Wildman–Crippen LogP) is 4.19. The SMILES string of the molecule is CCCN(C(=O)CCc1ccc(OCc2ccccc2)cc1)C1CCCNC1. The molecule has 1 amide bonds. The summed E-state index contributed by atoms with van der Waals surface area (Å²) in [5.41, 5.74) is 2.34. The molecule has 1 saturated heterocycles. The lowest BCUT2D eigenvalue weighted by Gasteiger charge is -2.34. The first-order valence-electron chi connectivity index (χ1n) is 10.5. The minimum absolute atomic E-state index is 0.278. The van der Waals surface area contributed by atoms with Gasteiger partial charge in [-0.1, -0.05) is 49.4 Å². The van der Waals surface area contributed by atoms with Gasteiger partial charge in [0.15, 0.2) is 0 Å². The zero-order valence-electron chi connectivity index (χ0n) is 16.9. The van der Waals surface area contributed by atoms with E-state index < -0.39 is 0 Å². The zero-order chi connectivity index (χ0) is 19.6. The Morgan fingerprint density at radius 3 is 2.57 bits per heavy atom. The van der Waals surface area contributed by atoms with E-state index in [0.717, 1.165) is 56.6 Å². The number of hydrogen-bond acceptors (Lipinski definition) is 3. The normalized spacial score (nSPS) is 16.5. The molecule has 1 heterocycles. The summed E-state index contributed by atoms with van der Waals surface area (Å²) in [6.45, 7) is 5.57. The van der Waals surface area contributed by atoms with E-state index >= 15 is 0 Å². The summed E-state index contributed by atoms with van der Waals surface area (Å²) in [5, 5.41) is 3.42. The van der Waals surface area contributed by atoms with Crippen LogP contribution in [0, 0.1) is 0 Å². The molecule has 0 bridgehead atoms. The number of benzene rings is 2. The number of carbonyl (C=O) groups is 1. The zero-order valence-corrected chi connectivity index (χ0v) is 16.9. The highest BCUT2D eigenvalue weighted by atomic mass is 16.5. The maximum atomic E-state index is 12.8. The number of amides is 1. The lowest BCUT2D eigenvalue weighted by Crippen LogP contribution is -2.49. The van der Waals surface area contributed by atoms with E-state index in [1.807, 2.05) is 30.3 Å². The van der Waals surface area contributed by atoms with Crippen molar-refractivity contribution in [3.05, 3.63) is 65.7 Å². The number of hydrogen-bond donors (Lipinski definition) is 1. The van der Waals surface area contributed by atoms with Crippen LogP contribution >= 0.6 is 0 Å². The molecule has 3 rings (SSSR count).